The van der Waals surface area contributed by atoms with Crippen molar-refractivity contribution in [1.29, 1.82) is 0 Å². The van der Waals surface area contributed by atoms with Gasteiger partial charge in [0.05, 0.1) is 0 Å². The maximum absolute atomic E-state index is 13.9. The second-order valence-electron chi connectivity index (χ2n) is 19.8. The molecule has 4 aromatic rings. The number of carbonyl (C=O) groups excluding carboxylic acids is 8. The fraction of sp³-hybridized carbons (Fsp3) is 0.400. The number of halogens is 2. The molecule has 0 bridgehead atoms. The summed E-state index contributed by atoms with van der Waals surface area (Å²) >= 11 is 6.84. The minimum absolute atomic E-state index is 0.00190. The van der Waals surface area contributed by atoms with Crippen LogP contribution in [0.4, 0.5) is 0 Å². The molecular weight excluding hydrogens is 1120 g/mol. The quantitative estimate of drug-likeness (QED) is 0.0303. The SMILES string of the molecule is CC(C)C[C@H](NC(=O)[C@H](Cc1ccccc1)NC(=O)CCC#CC#CCCC(=O)N[C@@H](Cc1ccccc1)C(=O)N[C@@H](CC(C)C)C(=O)N[C@@H](C)C(=O)NCc1cccc(Br)c1)C(=O)N[C@@H](C)C(=O)NCc1cccc(Br)c1. The third-order valence-corrected chi connectivity index (χ3v) is 12.9. The van der Waals surface area contributed by atoms with E-state index in [0.29, 0.717) is 0 Å². The molecule has 0 spiro atoms. The van der Waals surface area contributed by atoms with Crippen molar-refractivity contribution in [2.75, 3.05) is 0 Å². The van der Waals surface area contributed by atoms with Gasteiger partial charge in [-0.25, -0.2) is 0 Å². The molecule has 0 unspecified atom stereocenters. The van der Waals surface area contributed by atoms with Gasteiger partial charge in [0.15, 0.2) is 0 Å². The average Bonchev–Trinajstić information content (AvgIpc) is 3.39. The van der Waals surface area contributed by atoms with E-state index in [0.717, 1.165) is 31.2 Å². The molecule has 0 aliphatic heterocycles. The molecule has 0 aromatic heterocycles. The average molecular weight is 1190 g/mol. The van der Waals surface area contributed by atoms with E-state index in [1.807, 2.05) is 137 Å². The van der Waals surface area contributed by atoms with Crippen LogP contribution in [0, 0.1) is 35.5 Å². The lowest BCUT2D eigenvalue weighted by Gasteiger charge is -2.25. The van der Waals surface area contributed by atoms with Crippen molar-refractivity contribution in [3.63, 3.8) is 0 Å². The van der Waals surface area contributed by atoms with Crippen LogP contribution in [0.2, 0.25) is 0 Å². The lowest BCUT2D eigenvalue weighted by atomic mass is 10.0. The normalized spacial score (nSPS) is 13.0. The van der Waals surface area contributed by atoms with Crippen LogP contribution in [-0.2, 0) is 64.3 Å². The minimum atomic E-state index is -1.03. The molecule has 18 heteroatoms. The van der Waals surface area contributed by atoms with Gasteiger partial charge in [-0.2, -0.15) is 0 Å². The lowest BCUT2D eigenvalue weighted by Crippen LogP contribution is -2.56. The maximum Gasteiger partial charge on any atom is 0.243 e. The van der Waals surface area contributed by atoms with Crippen LogP contribution in [0.1, 0.15) is 102 Å². The number of benzene rings is 4. The number of rotatable bonds is 28. The van der Waals surface area contributed by atoms with Crippen molar-refractivity contribution >= 4 is 79.1 Å². The van der Waals surface area contributed by atoms with Crippen LogP contribution in [0.5, 0.6) is 0 Å². The first-order valence-electron chi connectivity index (χ1n) is 26.1. The summed E-state index contributed by atoms with van der Waals surface area (Å²) in [6.45, 7) is 11.3. The molecule has 0 saturated carbocycles. The van der Waals surface area contributed by atoms with E-state index in [1.165, 1.54) is 0 Å². The predicted octanol–water partition coefficient (Wildman–Crippen LogP) is 6.24. The molecule has 0 fully saturated rings. The molecule has 0 heterocycles. The van der Waals surface area contributed by atoms with E-state index < -0.39 is 83.5 Å². The summed E-state index contributed by atoms with van der Waals surface area (Å²) in [5.41, 5.74) is 3.33. The fourth-order valence-corrected chi connectivity index (χ4v) is 8.80. The Labute approximate surface area is 475 Å². The summed E-state index contributed by atoms with van der Waals surface area (Å²) in [6.07, 6.45) is 0.991. The highest BCUT2D eigenvalue weighted by molar-refractivity contribution is 9.10. The fourth-order valence-electron chi connectivity index (χ4n) is 7.90. The van der Waals surface area contributed by atoms with E-state index in [-0.39, 0.29) is 76.3 Å². The third-order valence-electron chi connectivity index (χ3n) is 12.0. The molecule has 0 radical (unpaired) electrons. The number of nitrogens with one attached hydrogen (secondary N) is 8. The second kappa shape index (κ2) is 33.8. The zero-order valence-electron chi connectivity index (χ0n) is 45.1. The minimum Gasteiger partial charge on any atom is -0.350 e. The number of amides is 8. The summed E-state index contributed by atoms with van der Waals surface area (Å²) in [5, 5.41) is 22.4. The van der Waals surface area contributed by atoms with Crippen molar-refractivity contribution < 1.29 is 38.4 Å². The van der Waals surface area contributed by atoms with Gasteiger partial charge in [0, 0.05) is 60.6 Å². The Bertz CT molecular complexity index is 2600. The van der Waals surface area contributed by atoms with E-state index >= 15 is 0 Å². The Kier molecular flexibility index (Phi) is 27.4. The molecule has 8 amide bonds. The molecule has 78 heavy (non-hydrogen) atoms. The summed E-state index contributed by atoms with van der Waals surface area (Å²) in [6, 6.07) is 27.4. The van der Waals surface area contributed by atoms with Gasteiger partial charge >= 0.3 is 0 Å². The molecule has 8 N–H and O–H groups in total. The number of hydrogen-bond acceptors (Lipinski definition) is 8. The standard InChI is InChI=1S/C60H72Br2N8O8/c1-39(2)31-49(57(75)65-41(5)55(73)63-37-45-25-19-27-47(61)33-45)69-59(77)51(35-43-21-13-11-14-22-43)67-53(71)29-17-9-7-8-10-18-30-54(72)68-52(36-44-23-15-12-16-24-44)60(78)70-50(32-40(3)4)58(76)66-42(6)56(74)64-38-46-26-20-28-48(62)34-46/h11-16,19-28,33-34,39-42,49-52H,17-18,29-32,35-38H2,1-6H3,(H,63,73)(H,64,74)(H,65,75)(H,66,76)(H,67,71)(H,68,72)(H,69,77)(H,70,78)/t41-,42-,49-,50-,51-,52-/m0/s1. The Morgan fingerprint density at radius 3 is 1.10 bits per heavy atom. The molecule has 4 rings (SSSR count). The largest absolute Gasteiger partial charge is 0.350 e. The van der Waals surface area contributed by atoms with Gasteiger partial charge in [-0.3, -0.25) is 38.4 Å². The molecule has 0 aliphatic rings. The third kappa shape index (κ3) is 24.4. The lowest BCUT2D eigenvalue weighted by molar-refractivity contribution is -0.133. The van der Waals surface area contributed by atoms with Crippen molar-refractivity contribution in [3.8, 4) is 23.7 Å². The Morgan fingerprint density at radius 2 is 0.756 bits per heavy atom. The van der Waals surface area contributed by atoms with Gasteiger partial charge in [-0.05, 0) is 96.9 Å². The predicted molar refractivity (Wildman–Crippen MR) is 308 cm³/mol. The van der Waals surface area contributed by atoms with E-state index in [9.17, 15) is 38.4 Å². The van der Waals surface area contributed by atoms with Gasteiger partial charge in [0.25, 0.3) is 0 Å². The second-order valence-corrected chi connectivity index (χ2v) is 21.6. The van der Waals surface area contributed by atoms with Crippen LogP contribution < -0.4 is 42.5 Å². The van der Waals surface area contributed by atoms with E-state index in [2.05, 4.69) is 98.1 Å². The molecule has 414 valence electrons. The van der Waals surface area contributed by atoms with Crippen molar-refractivity contribution in [1.82, 2.24) is 42.5 Å². The molecular formula is C60H72Br2N8O8. The summed E-state index contributed by atoms with van der Waals surface area (Å²) in [7, 11) is 0. The topological polar surface area (TPSA) is 233 Å². The highest BCUT2D eigenvalue weighted by Crippen LogP contribution is 2.14. The van der Waals surface area contributed by atoms with Crippen LogP contribution >= 0.6 is 31.9 Å². The zero-order valence-corrected chi connectivity index (χ0v) is 48.3. The van der Waals surface area contributed by atoms with Crippen LogP contribution in [-0.4, -0.2) is 83.5 Å². The van der Waals surface area contributed by atoms with Crippen LogP contribution in [0.15, 0.2) is 118 Å². The highest BCUT2D eigenvalue weighted by Gasteiger charge is 2.31. The summed E-state index contributed by atoms with van der Waals surface area (Å²) in [5.74, 6) is 7.22. The first-order chi connectivity index (χ1) is 37.3. The van der Waals surface area contributed by atoms with Gasteiger partial charge in [-0.1, -0.05) is 156 Å². The maximum atomic E-state index is 13.9. The summed E-state index contributed by atoms with van der Waals surface area (Å²) < 4.78 is 1.74. The highest BCUT2D eigenvalue weighted by atomic mass is 79.9. The van der Waals surface area contributed by atoms with E-state index in [1.54, 1.807) is 13.8 Å². The van der Waals surface area contributed by atoms with Gasteiger partial charge in [-0.15, -0.1) is 0 Å². The Hall–Kier alpha value is -7.28. The van der Waals surface area contributed by atoms with Crippen LogP contribution in [0.25, 0.3) is 0 Å². The molecule has 6 atom stereocenters. The van der Waals surface area contributed by atoms with Crippen LogP contribution in [0.3, 0.4) is 0 Å². The van der Waals surface area contributed by atoms with Gasteiger partial charge in [0.2, 0.25) is 47.3 Å². The number of carbonyl (C=O) groups is 8. The van der Waals surface area contributed by atoms with Crippen molar-refractivity contribution in [2.45, 2.75) is 142 Å². The Morgan fingerprint density at radius 1 is 0.410 bits per heavy atom. The smallest absolute Gasteiger partial charge is 0.243 e. The monoisotopic (exact) mass is 1190 g/mol. The molecule has 0 aliphatic carbocycles. The molecule has 0 saturated heterocycles. The molecule has 16 nitrogen and oxygen atoms in total. The first-order valence-corrected chi connectivity index (χ1v) is 27.7. The number of hydrogen-bond donors (Lipinski definition) is 8. The molecule has 4 aromatic carbocycles. The Balaban J connectivity index is 1.30. The zero-order chi connectivity index (χ0) is 57.0. The summed E-state index contributed by atoms with van der Waals surface area (Å²) in [4.78, 5) is 107. The van der Waals surface area contributed by atoms with Crippen molar-refractivity contribution in [2.24, 2.45) is 11.8 Å². The van der Waals surface area contributed by atoms with E-state index in [4.69, 9.17) is 0 Å². The van der Waals surface area contributed by atoms with Crippen molar-refractivity contribution in [3.05, 3.63) is 140 Å². The van der Waals surface area contributed by atoms with Gasteiger partial charge in [0.1, 0.15) is 36.3 Å². The first kappa shape index (κ1) is 63.3. The van der Waals surface area contributed by atoms with Gasteiger partial charge < -0.3 is 42.5 Å².